The highest BCUT2D eigenvalue weighted by Crippen LogP contribution is 2.37. The molecule has 4 rings (SSSR count). The molecule has 0 unspecified atom stereocenters. The maximum absolute atomic E-state index is 13.1. The largest absolute Gasteiger partial charge is 0.493 e. The fourth-order valence-corrected chi connectivity index (χ4v) is 3.95. The van der Waals surface area contributed by atoms with E-state index in [1.54, 1.807) is 36.4 Å². The van der Waals surface area contributed by atoms with Crippen LogP contribution in [0.1, 0.15) is 5.56 Å². The first kappa shape index (κ1) is 25.7. The molecular formula is C26H19Cl2N3O6. The molecule has 0 bridgehead atoms. The summed E-state index contributed by atoms with van der Waals surface area (Å²) in [5.41, 5.74) is 0.814. The van der Waals surface area contributed by atoms with Gasteiger partial charge in [0.15, 0.2) is 18.1 Å². The van der Waals surface area contributed by atoms with Gasteiger partial charge in [-0.2, -0.15) is 0 Å². The summed E-state index contributed by atoms with van der Waals surface area (Å²) in [4.78, 5) is 51.0. The van der Waals surface area contributed by atoms with Crippen molar-refractivity contribution in [2.75, 3.05) is 23.9 Å². The third-order valence-corrected chi connectivity index (χ3v) is 5.65. The lowest BCUT2D eigenvalue weighted by Gasteiger charge is -2.26. The van der Waals surface area contributed by atoms with Crippen molar-refractivity contribution in [3.63, 3.8) is 0 Å². The van der Waals surface area contributed by atoms with Crippen molar-refractivity contribution in [2.24, 2.45) is 0 Å². The Morgan fingerprint density at radius 2 is 1.78 bits per heavy atom. The zero-order valence-corrected chi connectivity index (χ0v) is 20.8. The van der Waals surface area contributed by atoms with E-state index < -0.39 is 23.8 Å². The number of hydrogen-bond acceptors (Lipinski definition) is 6. The SMILES string of the molecule is COc1cc(/C=C2\C(=O)NC(=O)N(c3cccc(Cl)c3)C2=O)cc(Cl)c1OCC(=O)Nc1ccccc1. The van der Waals surface area contributed by atoms with Gasteiger partial charge in [0.25, 0.3) is 17.7 Å². The summed E-state index contributed by atoms with van der Waals surface area (Å²) >= 11 is 12.4. The summed E-state index contributed by atoms with van der Waals surface area (Å²) in [6.07, 6.45) is 1.27. The van der Waals surface area contributed by atoms with Gasteiger partial charge in [0.2, 0.25) is 0 Å². The number of carbonyl (C=O) groups excluding carboxylic acids is 4. The Morgan fingerprint density at radius 3 is 2.49 bits per heavy atom. The molecule has 37 heavy (non-hydrogen) atoms. The monoisotopic (exact) mass is 539 g/mol. The number of amides is 5. The Hall–Kier alpha value is -4.34. The summed E-state index contributed by atoms with van der Waals surface area (Å²) in [7, 11) is 1.37. The number of nitrogens with zero attached hydrogens (tertiary/aromatic N) is 1. The second-order valence-corrected chi connectivity index (χ2v) is 8.52. The lowest BCUT2D eigenvalue weighted by atomic mass is 10.1. The molecule has 9 nitrogen and oxygen atoms in total. The molecule has 11 heteroatoms. The van der Waals surface area contributed by atoms with E-state index in [4.69, 9.17) is 32.7 Å². The third kappa shape index (κ3) is 5.91. The van der Waals surface area contributed by atoms with Crippen LogP contribution in [-0.4, -0.2) is 37.5 Å². The maximum Gasteiger partial charge on any atom is 0.335 e. The van der Waals surface area contributed by atoms with Crippen LogP contribution >= 0.6 is 23.2 Å². The standard InChI is InChI=1S/C26H19Cl2N3O6/c1-36-21-12-15(11-20(28)23(21)37-14-22(32)29-17-7-3-2-4-8-17)10-19-24(33)30-26(35)31(25(19)34)18-9-5-6-16(27)13-18/h2-13H,14H2,1H3,(H,29,32)(H,30,33,35)/b19-10+. The minimum absolute atomic E-state index is 0.0742. The molecule has 0 radical (unpaired) electrons. The van der Waals surface area contributed by atoms with Gasteiger partial charge < -0.3 is 14.8 Å². The number of nitrogens with one attached hydrogen (secondary N) is 2. The highest BCUT2D eigenvalue weighted by molar-refractivity contribution is 6.39. The van der Waals surface area contributed by atoms with Gasteiger partial charge in [-0.1, -0.05) is 47.5 Å². The lowest BCUT2D eigenvalue weighted by Crippen LogP contribution is -2.54. The molecule has 2 N–H and O–H groups in total. The summed E-state index contributed by atoms with van der Waals surface area (Å²) in [5.74, 6) is -1.86. The lowest BCUT2D eigenvalue weighted by molar-refractivity contribution is -0.122. The first-order valence-electron chi connectivity index (χ1n) is 10.8. The van der Waals surface area contributed by atoms with Crippen molar-refractivity contribution >= 4 is 64.4 Å². The molecule has 0 atom stereocenters. The van der Waals surface area contributed by atoms with Gasteiger partial charge in [-0.15, -0.1) is 0 Å². The fraction of sp³-hybridized carbons (Fsp3) is 0.0769. The van der Waals surface area contributed by atoms with Crippen molar-refractivity contribution in [1.82, 2.24) is 5.32 Å². The van der Waals surface area contributed by atoms with Crippen LogP contribution < -0.4 is 25.0 Å². The summed E-state index contributed by atoms with van der Waals surface area (Å²) < 4.78 is 10.9. The number of ether oxygens (including phenoxy) is 2. The zero-order valence-electron chi connectivity index (χ0n) is 19.3. The van der Waals surface area contributed by atoms with Crippen LogP contribution in [0.15, 0.2) is 72.3 Å². The quantitative estimate of drug-likeness (QED) is 0.332. The van der Waals surface area contributed by atoms with Gasteiger partial charge in [0.1, 0.15) is 5.57 Å². The highest BCUT2D eigenvalue weighted by Gasteiger charge is 2.37. The molecule has 188 valence electrons. The van der Waals surface area contributed by atoms with Crippen molar-refractivity contribution in [2.45, 2.75) is 0 Å². The van der Waals surface area contributed by atoms with E-state index >= 15 is 0 Å². The molecule has 5 amide bonds. The van der Waals surface area contributed by atoms with Crippen LogP contribution in [0, 0.1) is 0 Å². The smallest absolute Gasteiger partial charge is 0.335 e. The fourth-order valence-electron chi connectivity index (χ4n) is 3.49. The molecule has 3 aromatic rings. The summed E-state index contributed by atoms with van der Waals surface area (Å²) in [5, 5.41) is 5.21. The topological polar surface area (TPSA) is 114 Å². The van der Waals surface area contributed by atoms with Crippen molar-refractivity contribution in [3.8, 4) is 11.5 Å². The van der Waals surface area contributed by atoms with Gasteiger partial charge in [0.05, 0.1) is 17.8 Å². The highest BCUT2D eigenvalue weighted by atomic mass is 35.5. The van der Waals surface area contributed by atoms with Crippen LogP contribution in [0.5, 0.6) is 11.5 Å². The number of benzene rings is 3. The number of rotatable bonds is 7. The Balaban J connectivity index is 1.57. The van der Waals surface area contributed by atoms with Crippen LogP contribution in [0.3, 0.4) is 0 Å². The van der Waals surface area contributed by atoms with Gasteiger partial charge >= 0.3 is 6.03 Å². The molecule has 0 saturated carbocycles. The minimum atomic E-state index is -0.900. The van der Waals surface area contributed by atoms with Gasteiger partial charge in [-0.05, 0) is 54.1 Å². The molecule has 1 aliphatic heterocycles. The maximum atomic E-state index is 13.1. The second-order valence-electron chi connectivity index (χ2n) is 7.67. The van der Waals surface area contributed by atoms with Crippen molar-refractivity contribution in [3.05, 3.63) is 87.9 Å². The number of hydrogen-bond donors (Lipinski definition) is 2. The number of carbonyl (C=O) groups is 4. The number of imide groups is 2. The first-order chi connectivity index (χ1) is 17.8. The van der Waals surface area contributed by atoms with E-state index in [9.17, 15) is 19.2 Å². The summed E-state index contributed by atoms with van der Waals surface area (Å²) in [6, 6.07) is 17.0. The summed E-state index contributed by atoms with van der Waals surface area (Å²) in [6.45, 7) is -0.344. The predicted molar refractivity (Wildman–Crippen MR) is 139 cm³/mol. The minimum Gasteiger partial charge on any atom is -0.493 e. The van der Waals surface area contributed by atoms with Crippen LogP contribution in [-0.2, 0) is 14.4 Å². The number of anilines is 2. The van der Waals surface area contributed by atoms with Gasteiger partial charge in [-0.25, -0.2) is 9.69 Å². The van der Waals surface area contributed by atoms with E-state index in [0.717, 1.165) is 4.90 Å². The molecule has 0 aromatic heterocycles. The van der Waals surface area contributed by atoms with Crippen LogP contribution in [0.4, 0.5) is 16.2 Å². The Labute approximate surface area is 221 Å². The number of urea groups is 1. The average Bonchev–Trinajstić information content (AvgIpc) is 2.86. The van der Waals surface area contributed by atoms with Crippen molar-refractivity contribution < 1.29 is 28.7 Å². The molecular weight excluding hydrogens is 521 g/mol. The Kier molecular flexibility index (Phi) is 7.76. The number of barbiturate groups is 1. The van der Waals surface area contributed by atoms with E-state index in [2.05, 4.69) is 10.6 Å². The first-order valence-corrected chi connectivity index (χ1v) is 11.5. The zero-order chi connectivity index (χ0) is 26.5. The molecule has 1 heterocycles. The molecule has 0 aliphatic carbocycles. The Morgan fingerprint density at radius 1 is 1.03 bits per heavy atom. The van der Waals surface area contributed by atoms with Gasteiger partial charge in [-0.3, -0.25) is 19.7 Å². The van der Waals surface area contributed by atoms with E-state index in [0.29, 0.717) is 16.3 Å². The Bertz CT molecular complexity index is 1430. The number of para-hydroxylation sites is 1. The number of methoxy groups -OCH3 is 1. The average molecular weight is 540 g/mol. The van der Waals surface area contributed by atoms with Gasteiger partial charge in [0, 0.05) is 10.7 Å². The predicted octanol–water partition coefficient (Wildman–Crippen LogP) is 4.69. The van der Waals surface area contributed by atoms with Crippen molar-refractivity contribution in [1.29, 1.82) is 0 Å². The van der Waals surface area contributed by atoms with Crippen LogP contribution in [0.25, 0.3) is 6.08 Å². The van der Waals surface area contributed by atoms with E-state index in [1.807, 2.05) is 6.07 Å². The number of halogens is 2. The second kappa shape index (κ2) is 11.2. The van der Waals surface area contributed by atoms with E-state index in [1.165, 1.54) is 37.5 Å². The molecule has 1 fully saturated rings. The molecule has 1 aliphatic rings. The van der Waals surface area contributed by atoms with Crippen LogP contribution in [0.2, 0.25) is 10.0 Å². The third-order valence-electron chi connectivity index (χ3n) is 5.14. The molecule has 1 saturated heterocycles. The normalized spacial score (nSPS) is 14.4. The molecule has 0 spiro atoms. The molecule has 3 aromatic carbocycles. The van der Waals surface area contributed by atoms with E-state index in [-0.39, 0.29) is 34.4 Å².